The lowest BCUT2D eigenvalue weighted by Crippen LogP contribution is -2.23. The quantitative estimate of drug-likeness (QED) is 0.913. The van der Waals surface area contributed by atoms with Crippen LogP contribution in [0, 0.1) is 11.7 Å². The number of benzene rings is 1. The van der Waals surface area contributed by atoms with Crippen LogP contribution in [-0.2, 0) is 13.0 Å². The van der Waals surface area contributed by atoms with Crippen LogP contribution in [0.5, 0.6) is 0 Å². The van der Waals surface area contributed by atoms with Gasteiger partial charge in [-0.05, 0) is 43.5 Å². The Morgan fingerprint density at radius 1 is 1.44 bits per heavy atom. The molecule has 1 aliphatic heterocycles. The molecule has 1 aromatic rings. The van der Waals surface area contributed by atoms with Gasteiger partial charge in [0.05, 0.1) is 0 Å². The molecule has 2 rings (SSSR count). The summed E-state index contributed by atoms with van der Waals surface area (Å²) >= 11 is 0. The van der Waals surface area contributed by atoms with Crippen molar-refractivity contribution >= 4 is 12.4 Å². The minimum Gasteiger partial charge on any atom is -0.330 e. The van der Waals surface area contributed by atoms with E-state index in [1.807, 2.05) is 6.07 Å². The largest absolute Gasteiger partial charge is 0.330 e. The molecule has 1 heterocycles. The maximum atomic E-state index is 13.8. The van der Waals surface area contributed by atoms with Gasteiger partial charge in [0, 0.05) is 18.7 Å². The van der Waals surface area contributed by atoms with E-state index < -0.39 is 0 Å². The smallest absolute Gasteiger partial charge is 0.127 e. The van der Waals surface area contributed by atoms with E-state index in [9.17, 15) is 4.39 Å². The first kappa shape index (κ1) is 15.4. The maximum Gasteiger partial charge on any atom is 0.127 e. The first-order valence-corrected chi connectivity index (χ1v) is 6.43. The van der Waals surface area contributed by atoms with Crippen molar-refractivity contribution in [2.75, 3.05) is 19.6 Å². The van der Waals surface area contributed by atoms with E-state index in [-0.39, 0.29) is 18.2 Å². The summed E-state index contributed by atoms with van der Waals surface area (Å²) in [5.74, 6) is 0.521. The molecule has 4 heteroatoms. The van der Waals surface area contributed by atoms with E-state index in [0.29, 0.717) is 5.92 Å². The monoisotopic (exact) mass is 272 g/mol. The van der Waals surface area contributed by atoms with Gasteiger partial charge in [0.25, 0.3) is 0 Å². The summed E-state index contributed by atoms with van der Waals surface area (Å²) in [5.41, 5.74) is 7.67. The van der Waals surface area contributed by atoms with Crippen LogP contribution in [0.25, 0.3) is 0 Å². The second-order valence-corrected chi connectivity index (χ2v) is 4.86. The molecule has 0 aromatic heterocycles. The number of aryl methyl sites for hydroxylation is 1. The van der Waals surface area contributed by atoms with Crippen LogP contribution < -0.4 is 5.73 Å². The Morgan fingerprint density at radius 2 is 2.22 bits per heavy atom. The summed E-state index contributed by atoms with van der Waals surface area (Å²) in [5, 5.41) is 0. The van der Waals surface area contributed by atoms with Crippen molar-refractivity contribution in [3.05, 3.63) is 35.1 Å². The highest BCUT2D eigenvalue weighted by atomic mass is 35.5. The van der Waals surface area contributed by atoms with E-state index in [1.54, 1.807) is 12.1 Å². The number of nitrogens with two attached hydrogens (primary N) is 1. The Balaban J connectivity index is 0.00000162. The van der Waals surface area contributed by atoms with Gasteiger partial charge in [0.2, 0.25) is 0 Å². The van der Waals surface area contributed by atoms with Gasteiger partial charge in [-0.3, -0.25) is 4.90 Å². The first-order chi connectivity index (χ1) is 8.24. The standard InChI is InChI=1S/C14H21FN2.ClH/c1-2-12-4-3-5-14(15)13(12)10-17-7-6-11(8-16)9-17;/h3-5,11H,2,6-10,16H2,1H3;1H. The van der Waals surface area contributed by atoms with Gasteiger partial charge >= 0.3 is 0 Å². The zero-order valence-electron chi connectivity index (χ0n) is 10.9. The Morgan fingerprint density at radius 3 is 2.83 bits per heavy atom. The average Bonchev–Trinajstić information content (AvgIpc) is 2.79. The van der Waals surface area contributed by atoms with Crippen LogP contribution in [-0.4, -0.2) is 24.5 Å². The molecular formula is C14H22ClFN2. The van der Waals surface area contributed by atoms with E-state index in [1.165, 1.54) is 0 Å². The molecular weight excluding hydrogens is 251 g/mol. The van der Waals surface area contributed by atoms with Crippen LogP contribution in [0.2, 0.25) is 0 Å². The first-order valence-electron chi connectivity index (χ1n) is 6.43. The molecule has 0 spiro atoms. The Bertz CT molecular complexity index is 384. The molecule has 1 saturated heterocycles. The molecule has 0 saturated carbocycles. The van der Waals surface area contributed by atoms with Crippen molar-refractivity contribution in [2.45, 2.75) is 26.3 Å². The molecule has 102 valence electrons. The van der Waals surface area contributed by atoms with Crippen molar-refractivity contribution in [3.8, 4) is 0 Å². The summed E-state index contributed by atoms with van der Waals surface area (Å²) in [6.07, 6.45) is 2.04. The van der Waals surface area contributed by atoms with Crippen molar-refractivity contribution < 1.29 is 4.39 Å². The average molecular weight is 273 g/mol. The van der Waals surface area contributed by atoms with Crippen LogP contribution in [0.3, 0.4) is 0 Å². The molecule has 0 bridgehead atoms. The normalized spacial score (nSPS) is 19.8. The summed E-state index contributed by atoms with van der Waals surface area (Å²) < 4.78 is 13.8. The lowest BCUT2D eigenvalue weighted by molar-refractivity contribution is 0.311. The van der Waals surface area contributed by atoms with E-state index in [2.05, 4.69) is 11.8 Å². The highest BCUT2D eigenvalue weighted by Gasteiger charge is 2.22. The fourth-order valence-corrected chi connectivity index (χ4v) is 2.58. The molecule has 0 amide bonds. The van der Waals surface area contributed by atoms with Crippen molar-refractivity contribution in [1.29, 1.82) is 0 Å². The van der Waals surface area contributed by atoms with Gasteiger partial charge in [-0.2, -0.15) is 0 Å². The molecule has 2 nitrogen and oxygen atoms in total. The lowest BCUT2D eigenvalue weighted by Gasteiger charge is -2.18. The molecule has 0 radical (unpaired) electrons. The number of hydrogen-bond donors (Lipinski definition) is 1. The lowest BCUT2D eigenvalue weighted by atomic mass is 10.0. The third-order valence-electron chi connectivity index (χ3n) is 3.68. The van der Waals surface area contributed by atoms with Crippen molar-refractivity contribution in [1.82, 2.24) is 4.90 Å². The highest BCUT2D eigenvalue weighted by molar-refractivity contribution is 5.85. The van der Waals surface area contributed by atoms with Crippen LogP contribution in [0.15, 0.2) is 18.2 Å². The summed E-state index contributed by atoms with van der Waals surface area (Å²) in [6, 6.07) is 5.38. The molecule has 2 N–H and O–H groups in total. The number of hydrogen-bond acceptors (Lipinski definition) is 2. The SMILES string of the molecule is CCc1cccc(F)c1CN1CCC(CN)C1.Cl. The number of rotatable bonds is 4. The predicted octanol–water partition coefficient (Wildman–Crippen LogP) is 2.59. The van der Waals surface area contributed by atoms with Gasteiger partial charge < -0.3 is 5.73 Å². The molecule has 1 aliphatic rings. The zero-order valence-corrected chi connectivity index (χ0v) is 11.7. The van der Waals surface area contributed by atoms with Gasteiger partial charge in [0.15, 0.2) is 0 Å². The van der Waals surface area contributed by atoms with Gasteiger partial charge in [-0.15, -0.1) is 12.4 Å². The van der Waals surface area contributed by atoms with Gasteiger partial charge in [-0.1, -0.05) is 19.1 Å². The minimum atomic E-state index is -0.0689. The third kappa shape index (κ3) is 3.44. The van der Waals surface area contributed by atoms with Gasteiger partial charge in [0.1, 0.15) is 5.82 Å². The molecule has 1 fully saturated rings. The summed E-state index contributed by atoms with van der Waals surface area (Å²) in [7, 11) is 0. The molecule has 0 aliphatic carbocycles. The van der Waals surface area contributed by atoms with Crippen LogP contribution in [0.1, 0.15) is 24.5 Å². The molecule has 18 heavy (non-hydrogen) atoms. The minimum absolute atomic E-state index is 0. The van der Waals surface area contributed by atoms with E-state index >= 15 is 0 Å². The second kappa shape index (κ2) is 7.07. The maximum absolute atomic E-state index is 13.8. The van der Waals surface area contributed by atoms with E-state index in [4.69, 9.17) is 5.73 Å². The fraction of sp³-hybridized carbons (Fsp3) is 0.571. The zero-order chi connectivity index (χ0) is 12.3. The number of likely N-dealkylation sites (tertiary alicyclic amines) is 1. The Hall–Kier alpha value is -0.640. The molecule has 1 unspecified atom stereocenters. The number of halogens is 2. The highest BCUT2D eigenvalue weighted by Crippen LogP contribution is 2.21. The van der Waals surface area contributed by atoms with E-state index in [0.717, 1.165) is 50.1 Å². The van der Waals surface area contributed by atoms with Gasteiger partial charge in [-0.25, -0.2) is 4.39 Å². The third-order valence-corrected chi connectivity index (χ3v) is 3.68. The fourth-order valence-electron chi connectivity index (χ4n) is 2.58. The Kier molecular flexibility index (Phi) is 6.06. The van der Waals surface area contributed by atoms with Crippen molar-refractivity contribution in [2.24, 2.45) is 11.7 Å². The molecule has 1 aromatic carbocycles. The van der Waals surface area contributed by atoms with Crippen LogP contribution in [0.4, 0.5) is 4.39 Å². The summed E-state index contributed by atoms with van der Waals surface area (Å²) in [6.45, 7) is 5.60. The topological polar surface area (TPSA) is 29.3 Å². The Labute approximate surface area is 115 Å². The second-order valence-electron chi connectivity index (χ2n) is 4.86. The number of nitrogens with zero attached hydrogens (tertiary/aromatic N) is 1. The molecule has 1 atom stereocenters. The summed E-state index contributed by atoms with van der Waals surface area (Å²) in [4.78, 5) is 2.31. The van der Waals surface area contributed by atoms with Crippen molar-refractivity contribution in [3.63, 3.8) is 0 Å². The van der Waals surface area contributed by atoms with Crippen LogP contribution >= 0.6 is 12.4 Å². The predicted molar refractivity (Wildman–Crippen MR) is 75.5 cm³/mol.